The summed E-state index contributed by atoms with van der Waals surface area (Å²) < 4.78 is 38.5. The van der Waals surface area contributed by atoms with Gasteiger partial charge in [-0.2, -0.15) is 13.2 Å². The summed E-state index contributed by atoms with van der Waals surface area (Å²) in [5.41, 5.74) is -0.0816. The van der Waals surface area contributed by atoms with Gasteiger partial charge < -0.3 is 10.2 Å². The number of nitrogens with zero attached hydrogens (tertiary/aromatic N) is 2. The maximum atomic E-state index is 12.8. The topological polar surface area (TPSA) is 52.7 Å². The fourth-order valence-electron chi connectivity index (χ4n) is 3.26. The predicted octanol–water partition coefficient (Wildman–Crippen LogP) is 3.49. The number of carbonyl (C=O) groups excluding carboxylic acids is 2. The van der Waals surface area contributed by atoms with E-state index in [9.17, 15) is 22.8 Å². The van der Waals surface area contributed by atoms with Crippen molar-refractivity contribution in [3.8, 4) is 0 Å². The Hall–Kier alpha value is -2.87. The molecule has 0 saturated carbocycles. The third-order valence-electron chi connectivity index (χ3n) is 5.01. The number of amides is 2. The first-order chi connectivity index (χ1) is 13.8. The summed E-state index contributed by atoms with van der Waals surface area (Å²) in [6.45, 7) is 3.69. The van der Waals surface area contributed by atoms with E-state index in [0.717, 1.165) is 12.1 Å². The molecule has 3 rings (SSSR count). The zero-order valence-electron chi connectivity index (χ0n) is 15.9. The van der Waals surface area contributed by atoms with Crippen LogP contribution < -0.4 is 5.32 Å². The molecule has 1 heterocycles. The summed E-state index contributed by atoms with van der Waals surface area (Å²) in [7, 11) is 0. The summed E-state index contributed by atoms with van der Waals surface area (Å²) in [4.78, 5) is 28.6. The highest BCUT2D eigenvalue weighted by Crippen LogP contribution is 2.30. The highest BCUT2D eigenvalue weighted by atomic mass is 19.4. The number of halogens is 3. The average Bonchev–Trinajstić information content (AvgIpc) is 2.73. The van der Waals surface area contributed by atoms with E-state index in [4.69, 9.17) is 0 Å². The molecular weight excluding hydrogens is 383 g/mol. The van der Waals surface area contributed by atoms with Gasteiger partial charge in [0.05, 0.1) is 11.6 Å². The molecule has 1 atom stereocenters. The summed E-state index contributed by atoms with van der Waals surface area (Å²) in [5, 5.41) is 2.55. The SMILES string of the molecule is C[C@@H](C(=O)Nc1cccc(C(F)(F)F)c1)N1CCN(C(=O)c2ccccc2)CC1. The second-order valence-corrected chi connectivity index (χ2v) is 6.94. The predicted molar refractivity (Wildman–Crippen MR) is 103 cm³/mol. The number of alkyl halides is 3. The lowest BCUT2D eigenvalue weighted by Gasteiger charge is -2.37. The monoisotopic (exact) mass is 405 g/mol. The van der Waals surface area contributed by atoms with Gasteiger partial charge in [-0.1, -0.05) is 24.3 Å². The summed E-state index contributed by atoms with van der Waals surface area (Å²) >= 11 is 0. The summed E-state index contributed by atoms with van der Waals surface area (Å²) in [6, 6.07) is 13.0. The molecule has 1 fully saturated rings. The molecular formula is C21H22F3N3O2. The van der Waals surface area contributed by atoms with Crippen molar-refractivity contribution in [2.24, 2.45) is 0 Å². The number of nitrogens with one attached hydrogen (secondary N) is 1. The highest BCUT2D eigenvalue weighted by molar-refractivity contribution is 5.95. The molecule has 1 saturated heterocycles. The zero-order valence-corrected chi connectivity index (χ0v) is 15.9. The molecule has 1 aliphatic rings. The molecule has 2 aromatic rings. The number of hydrogen-bond acceptors (Lipinski definition) is 3. The molecule has 2 aromatic carbocycles. The van der Waals surface area contributed by atoms with Crippen LogP contribution in [0.25, 0.3) is 0 Å². The van der Waals surface area contributed by atoms with Crippen LogP contribution in [0, 0.1) is 0 Å². The van der Waals surface area contributed by atoms with E-state index in [1.54, 1.807) is 24.0 Å². The fraction of sp³-hybridized carbons (Fsp3) is 0.333. The van der Waals surface area contributed by atoms with Crippen molar-refractivity contribution in [1.29, 1.82) is 0 Å². The molecule has 8 heteroatoms. The van der Waals surface area contributed by atoms with Crippen LogP contribution in [0.15, 0.2) is 54.6 Å². The van der Waals surface area contributed by atoms with Gasteiger partial charge in [-0.15, -0.1) is 0 Å². The number of hydrogen-bond donors (Lipinski definition) is 1. The van der Waals surface area contributed by atoms with Crippen LogP contribution in [0.3, 0.4) is 0 Å². The first-order valence-corrected chi connectivity index (χ1v) is 9.32. The van der Waals surface area contributed by atoms with Crippen LogP contribution in [0.4, 0.5) is 18.9 Å². The van der Waals surface area contributed by atoms with E-state index in [2.05, 4.69) is 5.32 Å². The van der Waals surface area contributed by atoms with E-state index in [-0.39, 0.29) is 17.5 Å². The maximum Gasteiger partial charge on any atom is 0.416 e. The maximum absolute atomic E-state index is 12.8. The van der Waals surface area contributed by atoms with Gasteiger partial charge in [-0.05, 0) is 37.3 Å². The van der Waals surface area contributed by atoms with Crippen LogP contribution >= 0.6 is 0 Å². The molecule has 1 aliphatic heterocycles. The molecule has 29 heavy (non-hydrogen) atoms. The lowest BCUT2D eigenvalue weighted by Crippen LogP contribution is -2.54. The molecule has 2 amide bonds. The van der Waals surface area contributed by atoms with Crippen LogP contribution in [0.1, 0.15) is 22.8 Å². The van der Waals surface area contributed by atoms with Gasteiger partial charge in [0.1, 0.15) is 0 Å². The Bertz CT molecular complexity index is 863. The minimum atomic E-state index is -4.46. The van der Waals surface area contributed by atoms with Gasteiger partial charge in [0.25, 0.3) is 5.91 Å². The third kappa shape index (κ3) is 5.14. The Morgan fingerprint density at radius 3 is 2.24 bits per heavy atom. The smallest absolute Gasteiger partial charge is 0.336 e. The zero-order chi connectivity index (χ0) is 21.0. The second kappa shape index (κ2) is 8.65. The number of piperazine rings is 1. The molecule has 0 spiro atoms. The largest absolute Gasteiger partial charge is 0.416 e. The first-order valence-electron chi connectivity index (χ1n) is 9.32. The van der Waals surface area contributed by atoms with Crippen molar-refractivity contribution in [2.75, 3.05) is 31.5 Å². The van der Waals surface area contributed by atoms with Gasteiger partial charge in [-0.3, -0.25) is 14.5 Å². The standard InChI is InChI=1S/C21H22F3N3O2/c1-15(19(28)25-18-9-5-8-17(14-18)21(22,23)24)26-10-12-27(13-11-26)20(29)16-6-3-2-4-7-16/h2-9,14-15H,10-13H2,1H3,(H,25,28)/t15-/m0/s1. The summed E-state index contributed by atoms with van der Waals surface area (Å²) in [5.74, 6) is -0.432. The van der Waals surface area contributed by atoms with Crippen LogP contribution in [0.2, 0.25) is 0 Å². The molecule has 0 aliphatic carbocycles. The van der Waals surface area contributed by atoms with Crippen molar-refractivity contribution >= 4 is 17.5 Å². The molecule has 0 unspecified atom stereocenters. The van der Waals surface area contributed by atoms with Gasteiger partial charge in [0.2, 0.25) is 5.91 Å². The second-order valence-electron chi connectivity index (χ2n) is 6.94. The van der Waals surface area contributed by atoms with Crippen LogP contribution in [-0.2, 0) is 11.0 Å². The van der Waals surface area contributed by atoms with Crippen molar-refractivity contribution in [1.82, 2.24) is 9.80 Å². The van der Waals surface area contributed by atoms with Crippen molar-refractivity contribution < 1.29 is 22.8 Å². The highest BCUT2D eigenvalue weighted by Gasteiger charge is 2.31. The van der Waals surface area contributed by atoms with Crippen LogP contribution in [-0.4, -0.2) is 53.8 Å². The lowest BCUT2D eigenvalue weighted by molar-refractivity contribution is -0.137. The lowest BCUT2D eigenvalue weighted by atomic mass is 10.1. The number of anilines is 1. The van der Waals surface area contributed by atoms with Gasteiger partial charge in [0, 0.05) is 37.4 Å². The Kier molecular flexibility index (Phi) is 6.22. The van der Waals surface area contributed by atoms with E-state index in [0.29, 0.717) is 31.7 Å². The fourth-order valence-corrected chi connectivity index (χ4v) is 3.26. The first kappa shape index (κ1) is 20.9. The quantitative estimate of drug-likeness (QED) is 0.847. The van der Waals surface area contributed by atoms with Gasteiger partial charge >= 0.3 is 6.18 Å². The van der Waals surface area contributed by atoms with E-state index in [1.165, 1.54) is 12.1 Å². The molecule has 0 aromatic heterocycles. The Morgan fingerprint density at radius 1 is 0.966 bits per heavy atom. The van der Waals surface area contributed by atoms with Crippen molar-refractivity contribution in [3.63, 3.8) is 0 Å². The van der Waals surface area contributed by atoms with E-state index in [1.807, 2.05) is 23.1 Å². The molecule has 0 bridgehead atoms. The van der Waals surface area contributed by atoms with Crippen LogP contribution in [0.5, 0.6) is 0 Å². The summed E-state index contributed by atoms with van der Waals surface area (Å²) in [6.07, 6.45) is -4.46. The molecule has 5 nitrogen and oxygen atoms in total. The normalized spacial score (nSPS) is 16.3. The van der Waals surface area contributed by atoms with Gasteiger partial charge in [0.15, 0.2) is 0 Å². The van der Waals surface area contributed by atoms with Crippen molar-refractivity contribution in [2.45, 2.75) is 19.1 Å². The molecule has 154 valence electrons. The van der Waals surface area contributed by atoms with E-state index < -0.39 is 17.8 Å². The minimum Gasteiger partial charge on any atom is -0.336 e. The number of benzene rings is 2. The van der Waals surface area contributed by atoms with E-state index >= 15 is 0 Å². The number of carbonyl (C=O) groups is 2. The molecule has 1 N–H and O–H groups in total. The Morgan fingerprint density at radius 2 is 1.62 bits per heavy atom. The minimum absolute atomic E-state index is 0.0497. The molecule has 0 radical (unpaired) electrons. The average molecular weight is 405 g/mol. The van der Waals surface area contributed by atoms with Gasteiger partial charge in [-0.25, -0.2) is 0 Å². The van der Waals surface area contributed by atoms with Crippen molar-refractivity contribution in [3.05, 3.63) is 65.7 Å². The third-order valence-corrected chi connectivity index (χ3v) is 5.01. The number of rotatable bonds is 4. The Labute approximate surface area is 167 Å². The Balaban J connectivity index is 1.56.